The number of nitrogens with zero attached hydrogens (tertiary/aromatic N) is 1. The molecule has 1 saturated heterocycles. The zero-order valence-corrected chi connectivity index (χ0v) is 9.57. The fourth-order valence-corrected chi connectivity index (χ4v) is 2.07. The summed E-state index contributed by atoms with van der Waals surface area (Å²) >= 11 is 0. The molecular formula is C11H23NO2. The van der Waals surface area contributed by atoms with Gasteiger partial charge in [0.15, 0.2) is 0 Å². The normalized spacial score (nSPS) is 29.8. The van der Waals surface area contributed by atoms with Gasteiger partial charge in [0.2, 0.25) is 0 Å². The number of aliphatic hydroxyl groups excluding tert-OH is 1. The SMILES string of the molecule is COCC[C@H]1CN(C(C)C)CC[C@@H]1O. The maximum absolute atomic E-state index is 9.81. The Balaban J connectivity index is 2.38. The van der Waals surface area contributed by atoms with Gasteiger partial charge in [-0.15, -0.1) is 0 Å². The Kier molecular flexibility index (Phi) is 4.85. The molecule has 0 aromatic carbocycles. The monoisotopic (exact) mass is 201 g/mol. The van der Waals surface area contributed by atoms with E-state index in [0.717, 1.165) is 32.5 Å². The van der Waals surface area contributed by atoms with Crippen LogP contribution in [-0.4, -0.2) is 49.0 Å². The van der Waals surface area contributed by atoms with Crippen molar-refractivity contribution in [3.8, 4) is 0 Å². The Bertz CT molecular complexity index is 161. The summed E-state index contributed by atoms with van der Waals surface area (Å²) in [4.78, 5) is 2.44. The van der Waals surface area contributed by atoms with Crippen LogP contribution in [-0.2, 0) is 4.74 Å². The standard InChI is InChI=1S/C11H23NO2/c1-9(2)12-6-4-11(13)10(8-12)5-7-14-3/h9-11,13H,4-8H2,1-3H3/t10-,11-/m0/s1. The van der Waals surface area contributed by atoms with Crippen LogP contribution >= 0.6 is 0 Å². The molecule has 0 saturated carbocycles. The number of aliphatic hydroxyl groups is 1. The van der Waals surface area contributed by atoms with Crippen molar-refractivity contribution in [1.82, 2.24) is 4.90 Å². The predicted octanol–water partition coefficient (Wildman–Crippen LogP) is 1.11. The van der Waals surface area contributed by atoms with Gasteiger partial charge in [0, 0.05) is 32.8 Å². The van der Waals surface area contributed by atoms with Crippen LogP contribution in [0.3, 0.4) is 0 Å². The minimum absolute atomic E-state index is 0.125. The number of hydrogen-bond donors (Lipinski definition) is 1. The second kappa shape index (κ2) is 5.69. The molecule has 1 aliphatic heterocycles. The van der Waals surface area contributed by atoms with E-state index in [1.54, 1.807) is 7.11 Å². The van der Waals surface area contributed by atoms with E-state index in [1.165, 1.54) is 0 Å². The third-order valence-electron chi connectivity index (χ3n) is 3.15. The van der Waals surface area contributed by atoms with Crippen LogP contribution in [0.1, 0.15) is 26.7 Å². The smallest absolute Gasteiger partial charge is 0.0593 e. The maximum atomic E-state index is 9.81. The fraction of sp³-hybridized carbons (Fsp3) is 1.00. The zero-order valence-electron chi connectivity index (χ0n) is 9.57. The molecule has 0 spiro atoms. The molecule has 1 N–H and O–H groups in total. The van der Waals surface area contributed by atoms with Crippen LogP contribution in [0.4, 0.5) is 0 Å². The van der Waals surface area contributed by atoms with Crippen molar-refractivity contribution in [1.29, 1.82) is 0 Å². The lowest BCUT2D eigenvalue weighted by Crippen LogP contribution is -2.46. The zero-order chi connectivity index (χ0) is 10.6. The van der Waals surface area contributed by atoms with Crippen molar-refractivity contribution in [3.63, 3.8) is 0 Å². The molecule has 3 heteroatoms. The minimum atomic E-state index is -0.125. The van der Waals surface area contributed by atoms with Gasteiger partial charge in [0.05, 0.1) is 6.10 Å². The summed E-state index contributed by atoms with van der Waals surface area (Å²) in [5.41, 5.74) is 0. The summed E-state index contributed by atoms with van der Waals surface area (Å²) in [5.74, 6) is 0.395. The van der Waals surface area contributed by atoms with Crippen LogP contribution in [0.5, 0.6) is 0 Å². The first-order valence-corrected chi connectivity index (χ1v) is 5.56. The largest absolute Gasteiger partial charge is 0.393 e. The van der Waals surface area contributed by atoms with Gasteiger partial charge in [-0.3, -0.25) is 0 Å². The number of methoxy groups -OCH3 is 1. The van der Waals surface area contributed by atoms with E-state index in [1.807, 2.05) is 0 Å². The molecule has 2 atom stereocenters. The highest BCUT2D eigenvalue weighted by Gasteiger charge is 2.28. The molecule has 1 rings (SSSR count). The fourth-order valence-electron chi connectivity index (χ4n) is 2.07. The molecule has 1 heterocycles. The topological polar surface area (TPSA) is 32.7 Å². The second-order valence-electron chi connectivity index (χ2n) is 4.49. The van der Waals surface area contributed by atoms with Crippen LogP contribution in [0, 0.1) is 5.92 Å². The third kappa shape index (κ3) is 3.23. The summed E-state index contributed by atoms with van der Waals surface area (Å²) in [6, 6.07) is 0.590. The van der Waals surface area contributed by atoms with E-state index in [9.17, 15) is 5.11 Å². The molecule has 84 valence electrons. The lowest BCUT2D eigenvalue weighted by Gasteiger charge is -2.38. The van der Waals surface area contributed by atoms with E-state index < -0.39 is 0 Å². The minimum Gasteiger partial charge on any atom is -0.393 e. The highest BCUT2D eigenvalue weighted by Crippen LogP contribution is 2.21. The van der Waals surface area contributed by atoms with Gasteiger partial charge in [-0.2, -0.15) is 0 Å². The van der Waals surface area contributed by atoms with Crippen molar-refractivity contribution in [2.45, 2.75) is 38.8 Å². The predicted molar refractivity (Wildman–Crippen MR) is 57.3 cm³/mol. The highest BCUT2D eigenvalue weighted by molar-refractivity contribution is 4.81. The van der Waals surface area contributed by atoms with Gasteiger partial charge in [0.25, 0.3) is 0 Å². The molecule has 0 unspecified atom stereocenters. The van der Waals surface area contributed by atoms with Gasteiger partial charge >= 0.3 is 0 Å². The Morgan fingerprint density at radius 3 is 2.79 bits per heavy atom. The molecule has 0 aromatic heterocycles. The van der Waals surface area contributed by atoms with Gasteiger partial charge in [0.1, 0.15) is 0 Å². The van der Waals surface area contributed by atoms with Gasteiger partial charge in [-0.05, 0) is 32.6 Å². The Labute approximate surface area is 87.1 Å². The molecule has 0 radical (unpaired) electrons. The maximum Gasteiger partial charge on any atom is 0.0593 e. The molecule has 1 fully saturated rings. The second-order valence-corrected chi connectivity index (χ2v) is 4.49. The molecular weight excluding hydrogens is 178 g/mol. The molecule has 1 aliphatic rings. The first-order chi connectivity index (χ1) is 6.65. The third-order valence-corrected chi connectivity index (χ3v) is 3.15. The molecule has 3 nitrogen and oxygen atoms in total. The lowest BCUT2D eigenvalue weighted by atomic mass is 9.91. The highest BCUT2D eigenvalue weighted by atomic mass is 16.5. The quantitative estimate of drug-likeness (QED) is 0.739. The average molecular weight is 201 g/mol. The van der Waals surface area contributed by atoms with Crippen molar-refractivity contribution in [3.05, 3.63) is 0 Å². The van der Waals surface area contributed by atoms with Crippen LogP contribution < -0.4 is 0 Å². The summed E-state index contributed by atoms with van der Waals surface area (Å²) in [7, 11) is 1.72. The molecule has 0 amide bonds. The number of ether oxygens (including phenoxy) is 1. The Morgan fingerprint density at radius 1 is 1.50 bits per heavy atom. The van der Waals surface area contributed by atoms with E-state index >= 15 is 0 Å². The first kappa shape index (κ1) is 12.0. The summed E-state index contributed by atoms with van der Waals surface area (Å²) in [6.07, 6.45) is 1.76. The Hall–Kier alpha value is -0.120. The van der Waals surface area contributed by atoms with Crippen molar-refractivity contribution in [2.75, 3.05) is 26.8 Å². The Morgan fingerprint density at radius 2 is 2.21 bits per heavy atom. The van der Waals surface area contributed by atoms with Crippen molar-refractivity contribution < 1.29 is 9.84 Å². The van der Waals surface area contributed by atoms with E-state index in [-0.39, 0.29) is 6.10 Å². The first-order valence-electron chi connectivity index (χ1n) is 5.56. The molecule has 0 bridgehead atoms. The average Bonchev–Trinajstić information content (AvgIpc) is 2.16. The van der Waals surface area contributed by atoms with Crippen LogP contribution in [0.2, 0.25) is 0 Å². The molecule has 0 aromatic rings. The summed E-state index contributed by atoms with van der Waals surface area (Å²) < 4.78 is 5.06. The van der Waals surface area contributed by atoms with Crippen molar-refractivity contribution in [2.24, 2.45) is 5.92 Å². The van der Waals surface area contributed by atoms with E-state index in [0.29, 0.717) is 12.0 Å². The summed E-state index contributed by atoms with van der Waals surface area (Å²) in [6.45, 7) is 7.23. The summed E-state index contributed by atoms with van der Waals surface area (Å²) in [5, 5.41) is 9.81. The number of piperidine rings is 1. The molecule has 0 aliphatic carbocycles. The van der Waals surface area contributed by atoms with E-state index in [2.05, 4.69) is 18.7 Å². The van der Waals surface area contributed by atoms with Crippen molar-refractivity contribution >= 4 is 0 Å². The number of likely N-dealkylation sites (tertiary alicyclic amines) is 1. The van der Waals surface area contributed by atoms with Gasteiger partial charge in [-0.1, -0.05) is 0 Å². The van der Waals surface area contributed by atoms with Crippen LogP contribution in [0.15, 0.2) is 0 Å². The lowest BCUT2D eigenvalue weighted by molar-refractivity contribution is 0.00216. The van der Waals surface area contributed by atoms with E-state index in [4.69, 9.17) is 4.74 Å². The number of hydrogen-bond acceptors (Lipinski definition) is 3. The number of rotatable bonds is 4. The van der Waals surface area contributed by atoms with Crippen LogP contribution in [0.25, 0.3) is 0 Å². The van der Waals surface area contributed by atoms with Gasteiger partial charge in [-0.25, -0.2) is 0 Å². The van der Waals surface area contributed by atoms with Gasteiger partial charge < -0.3 is 14.7 Å². The molecule has 14 heavy (non-hydrogen) atoms.